The van der Waals surface area contributed by atoms with Crippen LogP contribution in [0.1, 0.15) is 285 Å². The lowest BCUT2D eigenvalue weighted by Gasteiger charge is -2.25. The van der Waals surface area contributed by atoms with Crippen LogP contribution in [0, 0.1) is 18.0 Å². The van der Waals surface area contributed by atoms with E-state index in [-0.39, 0.29) is 17.7 Å². The van der Waals surface area contributed by atoms with Crippen LogP contribution in [-0.4, -0.2) is 11.8 Å². The molecule has 2 amide bonds. The molecule has 61 heavy (non-hydrogen) atoms. The van der Waals surface area contributed by atoms with E-state index in [9.17, 15) is 9.59 Å². The number of hydrogen-bond acceptors (Lipinski definition) is 2. The smallest absolute Gasteiger partial charge is 0.221 e. The number of allylic oxidation sites excluding steroid dienone is 8. The molecule has 2 N–H and O–H groups in total. The van der Waals surface area contributed by atoms with Crippen molar-refractivity contribution >= 4 is 11.8 Å². The average molecular weight is 850 g/mol. The third kappa shape index (κ3) is 47.2. The van der Waals surface area contributed by atoms with E-state index in [2.05, 4.69) is 93.9 Å². The Morgan fingerprint density at radius 1 is 0.361 bits per heavy atom. The molecular weight excluding hydrogens is 745 g/mol. The Morgan fingerprint density at radius 3 is 1.00 bits per heavy atom. The summed E-state index contributed by atoms with van der Waals surface area (Å²) in [6.45, 7) is 11.4. The minimum absolute atomic E-state index is 0.0519. The molecule has 0 aliphatic heterocycles. The quantitative estimate of drug-likeness (QED) is 0.0473. The van der Waals surface area contributed by atoms with E-state index in [0.29, 0.717) is 12.8 Å². The van der Waals surface area contributed by atoms with Crippen LogP contribution in [0.3, 0.4) is 0 Å². The molecule has 4 nitrogen and oxygen atoms in total. The topological polar surface area (TPSA) is 58.2 Å². The van der Waals surface area contributed by atoms with Crippen LogP contribution < -0.4 is 10.6 Å². The van der Waals surface area contributed by atoms with Gasteiger partial charge in [-0.25, -0.2) is 0 Å². The highest BCUT2D eigenvalue weighted by Gasteiger charge is 2.22. The van der Waals surface area contributed by atoms with Gasteiger partial charge in [0.1, 0.15) is 0 Å². The average Bonchev–Trinajstić information content (AvgIpc) is 3.24. The van der Waals surface area contributed by atoms with Crippen molar-refractivity contribution in [1.29, 1.82) is 0 Å². The Bertz CT molecular complexity index is 982. The number of unbranched alkanes of at least 4 members (excludes halogenated alkanes) is 28. The van der Waals surface area contributed by atoms with Gasteiger partial charge in [0.05, 0.1) is 0 Å². The summed E-state index contributed by atoms with van der Waals surface area (Å²) in [5.74, 6) is 1.10. The van der Waals surface area contributed by atoms with E-state index in [1.807, 2.05) is 0 Å². The maximum atomic E-state index is 13.1. The molecule has 0 aliphatic carbocycles. The zero-order valence-electron chi connectivity index (χ0n) is 41.7. The fraction of sp³-hybridized carbons (Fsp3) is 0.807. The van der Waals surface area contributed by atoms with E-state index in [1.165, 1.54) is 173 Å². The molecule has 0 saturated heterocycles. The normalized spacial score (nSPS) is 12.7. The molecule has 0 heterocycles. The van der Waals surface area contributed by atoms with Crippen LogP contribution in [0.25, 0.3) is 0 Å². The number of carbonyl (C=O) groups excluding carboxylic acids is 2. The van der Waals surface area contributed by atoms with E-state index in [0.717, 1.165) is 76.3 Å². The van der Waals surface area contributed by atoms with Gasteiger partial charge in [0.25, 0.3) is 0 Å². The maximum absolute atomic E-state index is 13.1. The highest BCUT2D eigenvalue weighted by Crippen LogP contribution is 2.20. The van der Waals surface area contributed by atoms with Gasteiger partial charge in [0, 0.05) is 18.8 Å². The Balaban J connectivity index is 4.44. The van der Waals surface area contributed by atoms with Crippen molar-refractivity contribution in [1.82, 2.24) is 10.6 Å². The summed E-state index contributed by atoms with van der Waals surface area (Å²) >= 11 is 0. The lowest BCUT2D eigenvalue weighted by atomic mass is 9.98. The summed E-state index contributed by atoms with van der Waals surface area (Å²) in [4.78, 5) is 26.2. The number of amides is 2. The fourth-order valence-corrected chi connectivity index (χ4v) is 7.99. The lowest BCUT2D eigenvalue weighted by molar-refractivity contribution is -0.123. The van der Waals surface area contributed by atoms with Crippen LogP contribution in [0.4, 0.5) is 0 Å². The Kier molecular flexibility index (Phi) is 47.2. The van der Waals surface area contributed by atoms with Crippen LogP contribution in [0.2, 0.25) is 0 Å². The van der Waals surface area contributed by atoms with Crippen molar-refractivity contribution < 1.29 is 9.59 Å². The summed E-state index contributed by atoms with van der Waals surface area (Å²) in [6.07, 6.45) is 66.2. The van der Waals surface area contributed by atoms with Crippen LogP contribution >= 0.6 is 0 Å². The number of nitrogens with one attached hydrogen (secondary N) is 2. The highest BCUT2D eigenvalue weighted by atomic mass is 16.2. The van der Waals surface area contributed by atoms with Crippen LogP contribution in [0.5, 0.6) is 0 Å². The first kappa shape index (κ1) is 58.9. The zero-order chi connectivity index (χ0) is 44.5. The van der Waals surface area contributed by atoms with Gasteiger partial charge in [-0.15, -0.1) is 0 Å². The standard InChI is InChI=1S/C57H105N2O2/c1-6-8-10-12-14-16-18-20-22-27-31-35-39-43-47-51-55(60)58-57(54(5)50-46-42-38-34-30-26-24-25-29-33-37-41-45-49-53(3)4)59-56(61)52-48-44-40-36-32-28-23-21-19-17-15-13-11-9-7-2/h14-17,20-23,53-54H,6-13,18-19,24-52H2,1-5H3,(H,58,60)(H,59,61)/b16-14-,17-15-,22-20-,23-21-. The molecule has 4 heteroatoms. The molecule has 355 valence electrons. The first-order valence-corrected chi connectivity index (χ1v) is 27.0. The van der Waals surface area contributed by atoms with Gasteiger partial charge < -0.3 is 10.6 Å². The first-order chi connectivity index (χ1) is 29.9. The van der Waals surface area contributed by atoms with Crippen molar-refractivity contribution in [3.05, 3.63) is 54.8 Å². The second-order valence-corrected chi connectivity index (χ2v) is 18.9. The minimum atomic E-state index is 0.0519. The molecule has 0 saturated carbocycles. The SMILES string of the molecule is CCCCC/C=C\C/C=C\CCCCCCCC(=O)N[C](NC(=O)CCCCCCC/C=C\C/C=C\CCCCC)C(C)CCCCCCCCCCCCCCCC(C)C. The van der Waals surface area contributed by atoms with Crippen molar-refractivity contribution in [3.8, 4) is 0 Å². The fourth-order valence-electron chi connectivity index (χ4n) is 7.99. The molecule has 0 fully saturated rings. The molecule has 0 bridgehead atoms. The predicted molar refractivity (Wildman–Crippen MR) is 272 cm³/mol. The Morgan fingerprint density at radius 2 is 0.656 bits per heavy atom. The Labute approximate surface area is 382 Å². The summed E-state index contributed by atoms with van der Waals surface area (Å²) in [7, 11) is 0. The zero-order valence-corrected chi connectivity index (χ0v) is 41.7. The summed E-state index contributed by atoms with van der Waals surface area (Å²) in [5.41, 5.74) is 0. The van der Waals surface area contributed by atoms with E-state index < -0.39 is 0 Å². The third-order valence-electron chi connectivity index (χ3n) is 12.2. The van der Waals surface area contributed by atoms with Crippen molar-refractivity contribution in [2.75, 3.05) is 0 Å². The third-order valence-corrected chi connectivity index (χ3v) is 12.2. The highest BCUT2D eigenvalue weighted by molar-refractivity contribution is 5.81. The molecule has 0 rings (SSSR count). The molecule has 0 aliphatic rings. The summed E-state index contributed by atoms with van der Waals surface area (Å²) in [6, 6.07) is 0. The van der Waals surface area contributed by atoms with Gasteiger partial charge in [-0.05, 0) is 89.4 Å². The van der Waals surface area contributed by atoms with Crippen LogP contribution in [0.15, 0.2) is 48.6 Å². The molecule has 1 unspecified atom stereocenters. The van der Waals surface area contributed by atoms with E-state index in [4.69, 9.17) is 0 Å². The van der Waals surface area contributed by atoms with E-state index >= 15 is 0 Å². The van der Waals surface area contributed by atoms with Gasteiger partial charge in [0.2, 0.25) is 11.8 Å². The van der Waals surface area contributed by atoms with E-state index in [1.54, 1.807) is 0 Å². The second kappa shape index (κ2) is 48.9. The largest absolute Gasteiger partial charge is 0.330 e. The summed E-state index contributed by atoms with van der Waals surface area (Å²) in [5, 5.41) is 6.35. The molecular formula is C57H105N2O2. The lowest BCUT2D eigenvalue weighted by Crippen LogP contribution is -2.44. The monoisotopic (exact) mass is 850 g/mol. The van der Waals surface area contributed by atoms with Gasteiger partial charge in [-0.2, -0.15) is 0 Å². The molecule has 1 radical (unpaired) electrons. The van der Waals surface area contributed by atoms with Gasteiger partial charge in [-0.3, -0.25) is 9.59 Å². The molecule has 0 aromatic heterocycles. The van der Waals surface area contributed by atoms with Gasteiger partial charge in [0.15, 0.2) is 6.17 Å². The van der Waals surface area contributed by atoms with Crippen molar-refractivity contribution in [2.24, 2.45) is 11.8 Å². The molecule has 1 atom stereocenters. The van der Waals surface area contributed by atoms with Crippen LogP contribution in [-0.2, 0) is 9.59 Å². The molecule has 0 aromatic carbocycles. The van der Waals surface area contributed by atoms with Gasteiger partial charge in [-0.1, -0.05) is 237 Å². The second-order valence-electron chi connectivity index (χ2n) is 18.9. The number of rotatable bonds is 47. The summed E-state index contributed by atoms with van der Waals surface area (Å²) < 4.78 is 0. The van der Waals surface area contributed by atoms with Crippen molar-refractivity contribution in [2.45, 2.75) is 285 Å². The van der Waals surface area contributed by atoms with Crippen molar-refractivity contribution in [3.63, 3.8) is 0 Å². The minimum Gasteiger partial charge on any atom is -0.330 e. The first-order valence-electron chi connectivity index (χ1n) is 27.0. The maximum Gasteiger partial charge on any atom is 0.221 e. The van der Waals surface area contributed by atoms with Gasteiger partial charge >= 0.3 is 0 Å². The molecule has 0 spiro atoms. The molecule has 0 aromatic rings. The Hall–Kier alpha value is -2.10. The number of hydrogen-bond donors (Lipinski definition) is 2. The predicted octanol–water partition coefficient (Wildman–Crippen LogP) is 18.5. The number of carbonyl (C=O) groups is 2.